The zero-order valence-electron chi connectivity index (χ0n) is 20.8. The molecule has 2 aromatic carbocycles. The quantitative estimate of drug-likeness (QED) is 0.189. The van der Waals surface area contributed by atoms with Crippen LogP contribution in [0.1, 0.15) is 34.0 Å². The number of benzene rings is 2. The number of rotatable bonds is 11. The van der Waals surface area contributed by atoms with Crippen molar-refractivity contribution >= 4 is 11.9 Å². The highest BCUT2D eigenvalue weighted by atomic mass is 16.7. The van der Waals surface area contributed by atoms with Crippen LogP contribution in [-0.4, -0.2) is 99.7 Å². The van der Waals surface area contributed by atoms with Crippen molar-refractivity contribution in [3.63, 3.8) is 0 Å². The number of methoxy groups -OCH3 is 2. The number of ether oxygens (including phenoxy) is 4. The Morgan fingerprint density at radius 1 is 1.03 bits per heavy atom. The van der Waals surface area contributed by atoms with Crippen LogP contribution < -0.4 is 14.2 Å². The van der Waals surface area contributed by atoms with Crippen LogP contribution in [0.4, 0.5) is 0 Å². The van der Waals surface area contributed by atoms with Crippen molar-refractivity contribution in [2.24, 2.45) is 0 Å². The number of hydrogen-bond donors (Lipinski definition) is 7. The van der Waals surface area contributed by atoms with Crippen LogP contribution in [0.25, 0.3) is 6.08 Å². The van der Waals surface area contributed by atoms with Gasteiger partial charge in [0, 0.05) is 17.5 Å². The molecule has 0 spiro atoms. The third-order valence-corrected chi connectivity index (χ3v) is 6.06. The van der Waals surface area contributed by atoms with E-state index in [0.717, 1.165) is 0 Å². The summed E-state index contributed by atoms with van der Waals surface area (Å²) in [7, 11) is 2.65. The van der Waals surface area contributed by atoms with Crippen molar-refractivity contribution in [1.29, 1.82) is 0 Å². The fraction of sp³-hybridized carbons (Fsp3) is 0.423. The van der Waals surface area contributed by atoms with Gasteiger partial charge < -0.3 is 54.7 Å². The van der Waals surface area contributed by atoms with Crippen LogP contribution in [0.3, 0.4) is 0 Å². The molecule has 0 radical (unpaired) electrons. The van der Waals surface area contributed by atoms with E-state index in [1.54, 1.807) is 6.08 Å². The second kappa shape index (κ2) is 13.0. The highest BCUT2D eigenvalue weighted by Crippen LogP contribution is 2.40. The van der Waals surface area contributed by atoms with Crippen molar-refractivity contribution in [3.05, 3.63) is 53.1 Å². The Hall–Kier alpha value is -3.23. The number of phenols is 1. The minimum Gasteiger partial charge on any atom is -0.504 e. The van der Waals surface area contributed by atoms with Crippen molar-refractivity contribution in [3.8, 4) is 23.0 Å². The molecule has 7 N–H and O–H groups in total. The number of aromatic hydroxyl groups is 1. The molecule has 1 unspecified atom stereocenters. The monoisotopic (exact) mass is 536 g/mol. The number of phenolic OH excluding ortho intramolecular Hbond substituents is 1. The highest BCUT2D eigenvalue weighted by molar-refractivity contribution is 5.97. The molecule has 208 valence electrons. The zero-order valence-corrected chi connectivity index (χ0v) is 20.8. The van der Waals surface area contributed by atoms with Gasteiger partial charge in [0.2, 0.25) is 6.29 Å². The van der Waals surface area contributed by atoms with Gasteiger partial charge in [0.25, 0.3) is 0 Å². The number of ketones is 1. The van der Waals surface area contributed by atoms with Crippen LogP contribution in [-0.2, 0) is 4.74 Å². The van der Waals surface area contributed by atoms with E-state index in [1.807, 2.05) is 0 Å². The number of hydrogen-bond acceptors (Lipinski definition) is 12. The van der Waals surface area contributed by atoms with Gasteiger partial charge in [0.15, 0.2) is 28.8 Å². The summed E-state index contributed by atoms with van der Waals surface area (Å²) in [5.74, 6) is -0.635. The Morgan fingerprint density at radius 2 is 1.74 bits per heavy atom. The van der Waals surface area contributed by atoms with Crippen LogP contribution >= 0.6 is 0 Å². The molecule has 0 aromatic heterocycles. The molecule has 1 fully saturated rings. The molecule has 0 amide bonds. The number of aliphatic hydroxyl groups excluding tert-OH is 6. The van der Waals surface area contributed by atoms with E-state index in [1.165, 1.54) is 50.6 Å². The normalized spacial score (nSPS) is 24.3. The second-order valence-corrected chi connectivity index (χ2v) is 8.57. The fourth-order valence-corrected chi connectivity index (χ4v) is 3.99. The van der Waals surface area contributed by atoms with Crippen molar-refractivity contribution in [1.82, 2.24) is 0 Å². The first kappa shape index (κ1) is 29.3. The van der Waals surface area contributed by atoms with Gasteiger partial charge in [-0.2, -0.15) is 0 Å². The van der Waals surface area contributed by atoms with E-state index >= 15 is 0 Å². The molecule has 6 atom stereocenters. The van der Waals surface area contributed by atoms with Gasteiger partial charge in [-0.25, -0.2) is 0 Å². The summed E-state index contributed by atoms with van der Waals surface area (Å²) in [6.45, 7) is -0.933. The van der Waals surface area contributed by atoms with E-state index in [-0.39, 0.29) is 40.7 Å². The first-order chi connectivity index (χ1) is 18.1. The van der Waals surface area contributed by atoms with Gasteiger partial charge in [-0.1, -0.05) is 12.2 Å². The number of carbonyl (C=O) groups excluding carboxylic acids is 1. The lowest BCUT2D eigenvalue weighted by molar-refractivity contribution is -0.277. The molecule has 3 rings (SSSR count). The molecule has 0 aliphatic carbocycles. The first-order valence-corrected chi connectivity index (χ1v) is 11.7. The zero-order chi connectivity index (χ0) is 28.0. The van der Waals surface area contributed by atoms with Crippen molar-refractivity contribution in [2.45, 2.75) is 43.2 Å². The van der Waals surface area contributed by atoms with E-state index < -0.39 is 55.6 Å². The Labute approximate surface area is 218 Å². The number of aliphatic hydroxyl groups is 6. The average molecular weight is 537 g/mol. The number of carbonyl (C=O) groups is 1. The Kier molecular flexibility index (Phi) is 10.1. The van der Waals surface area contributed by atoms with Gasteiger partial charge in [-0.15, -0.1) is 0 Å². The number of Topliss-reactive ketones (excluding diaryl/α,β-unsaturated/α-hetero) is 1. The summed E-state index contributed by atoms with van der Waals surface area (Å²) in [5, 5.41) is 70.2. The van der Waals surface area contributed by atoms with E-state index in [2.05, 4.69) is 0 Å². The van der Waals surface area contributed by atoms with Crippen LogP contribution in [0.15, 0.2) is 36.4 Å². The molecule has 0 saturated carbocycles. The minimum absolute atomic E-state index is 0.0537. The van der Waals surface area contributed by atoms with E-state index in [4.69, 9.17) is 24.1 Å². The van der Waals surface area contributed by atoms with Crippen molar-refractivity contribution in [2.75, 3.05) is 27.4 Å². The lowest BCUT2D eigenvalue weighted by atomic mass is 9.96. The predicted octanol–water partition coefficient (Wildman–Crippen LogP) is -0.100. The molecule has 1 aliphatic rings. The van der Waals surface area contributed by atoms with Gasteiger partial charge in [-0.05, 0) is 35.9 Å². The SMILES string of the molecule is COc1cc(C(=O)CC(O)c2cc(/C=C/CO)cc(OC)c2O[C@@H]2O[C@H](CO)[C@@H](O)[C@H](O)[C@H]2O)ccc1O. The lowest BCUT2D eigenvalue weighted by Gasteiger charge is -2.40. The second-order valence-electron chi connectivity index (χ2n) is 8.57. The lowest BCUT2D eigenvalue weighted by Crippen LogP contribution is -2.60. The summed E-state index contributed by atoms with van der Waals surface area (Å²) in [6.07, 6.45) is -6.79. The molecular weight excluding hydrogens is 504 g/mol. The molecule has 12 nitrogen and oxygen atoms in total. The van der Waals surface area contributed by atoms with E-state index in [9.17, 15) is 35.4 Å². The maximum atomic E-state index is 13.0. The summed E-state index contributed by atoms with van der Waals surface area (Å²) < 4.78 is 21.7. The van der Waals surface area contributed by atoms with Gasteiger partial charge >= 0.3 is 0 Å². The van der Waals surface area contributed by atoms with Gasteiger partial charge in [0.05, 0.1) is 33.5 Å². The van der Waals surface area contributed by atoms with Gasteiger partial charge in [-0.3, -0.25) is 4.79 Å². The molecule has 0 bridgehead atoms. The molecule has 1 saturated heterocycles. The Bertz CT molecular complexity index is 1130. The summed E-state index contributed by atoms with van der Waals surface area (Å²) in [6, 6.07) is 6.98. The summed E-state index contributed by atoms with van der Waals surface area (Å²) in [5.41, 5.74) is 0.696. The van der Waals surface area contributed by atoms with Crippen molar-refractivity contribution < 1.29 is 59.5 Å². The molecular formula is C26H32O12. The molecule has 12 heteroatoms. The third-order valence-electron chi connectivity index (χ3n) is 6.06. The molecule has 2 aromatic rings. The smallest absolute Gasteiger partial charge is 0.229 e. The maximum Gasteiger partial charge on any atom is 0.229 e. The van der Waals surface area contributed by atoms with E-state index in [0.29, 0.717) is 5.56 Å². The minimum atomic E-state index is -1.73. The third kappa shape index (κ3) is 6.42. The molecule has 1 aliphatic heterocycles. The Morgan fingerprint density at radius 3 is 2.37 bits per heavy atom. The largest absolute Gasteiger partial charge is 0.504 e. The Balaban J connectivity index is 1.99. The van der Waals surface area contributed by atoms with Gasteiger partial charge in [0.1, 0.15) is 24.4 Å². The topological polar surface area (TPSA) is 196 Å². The van der Waals surface area contributed by atoms with Crippen LogP contribution in [0.5, 0.6) is 23.0 Å². The summed E-state index contributed by atoms with van der Waals surface area (Å²) >= 11 is 0. The standard InChI is InChI=1S/C26H32O12/c1-35-19-10-14(5-6-16(19)29)17(30)11-18(31)15-8-13(4-3-7-27)9-20(36-2)25(15)38-26-24(34)23(33)22(32)21(12-28)37-26/h3-6,8-10,18,21-24,26-29,31-34H,7,11-12H2,1-2H3/b4-3+/t18?,21-,22-,23+,24-,26+/m1/s1. The highest BCUT2D eigenvalue weighted by Gasteiger charge is 2.45. The molecule has 38 heavy (non-hydrogen) atoms. The van der Waals surface area contributed by atoms with Crippen LogP contribution in [0, 0.1) is 0 Å². The summed E-state index contributed by atoms with van der Waals surface area (Å²) in [4.78, 5) is 13.0. The maximum absolute atomic E-state index is 13.0. The fourth-order valence-electron chi connectivity index (χ4n) is 3.99. The average Bonchev–Trinajstić information content (AvgIpc) is 2.92. The molecule has 1 heterocycles. The predicted molar refractivity (Wildman–Crippen MR) is 132 cm³/mol. The first-order valence-electron chi connectivity index (χ1n) is 11.7. The van der Waals surface area contributed by atoms with Crippen LogP contribution in [0.2, 0.25) is 0 Å².